The summed E-state index contributed by atoms with van der Waals surface area (Å²) in [5, 5.41) is 13.6. The summed E-state index contributed by atoms with van der Waals surface area (Å²) in [4.78, 5) is 12.3. The van der Waals surface area contributed by atoms with E-state index in [-0.39, 0.29) is 11.9 Å². The Morgan fingerprint density at radius 2 is 2.05 bits per heavy atom. The number of aliphatic hydroxyl groups excluding tert-OH is 1. The molecular formula is C16H13BrClNO2. The molecule has 0 spiro atoms. The molecular weight excluding hydrogens is 354 g/mol. The number of benzene rings is 2. The SMILES string of the molecule is O=C(N[C@H]1c2ccccc2C[C@H]1O)c1ccc(Cl)c(Br)c1. The van der Waals surface area contributed by atoms with Gasteiger partial charge in [-0.1, -0.05) is 35.9 Å². The molecule has 5 heteroatoms. The van der Waals surface area contributed by atoms with Crippen molar-refractivity contribution in [3.63, 3.8) is 0 Å². The molecule has 2 aromatic carbocycles. The third-order valence-electron chi connectivity index (χ3n) is 3.67. The monoisotopic (exact) mass is 365 g/mol. The molecule has 1 aliphatic carbocycles. The summed E-state index contributed by atoms with van der Waals surface area (Å²) in [5.74, 6) is -0.229. The molecule has 0 radical (unpaired) electrons. The predicted octanol–water partition coefficient (Wildman–Crippen LogP) is 3.49. The number of nitrogens with one attached hydrogen (secondary N) is 1. The largest absolute Gasteiger partial charge is 0.390 e. The van der Waals surface area contributed by atoms with Crippen LogP contribution in [0.4, 0.5) is 0 Å². The molecule has 0 unspecified atom stereocenters. The van der Waals surface area contributed by atoms with Gasteiger partial charge in [0.05, 0.1) is 17.2 Å². The number of fused-ring (bicyclic) bond motifs is 1. The van der Waals surface area contributed by atoms with E-state index in [1.807, 2.05) is 24.3 Å². The smallest absolute Gasteiger partial charge is 0.251 e. The van der Waals surface area contributed by atoms with Gasteiger partial charge in [0.1, 0.15) is 0 Å². The molecule has 0 saturated carbocycles. The van der Waals surface area contributed by atoms with Crippen LogP contribution < -0.4 is 5.32 Å². The number of hydrogen-bond acceptors (Lipinski definition) is 2. The van der Waals surface area contributed by atoms with Gasteiger partial charge < -0.3 is 10.4 Å². The number of halogens is 2. The van der Waals surface area contributed by atoms with Crippen LogP contribution in [0.3, 0.4) is 0 Å². The Morgan fingerprint density at radius 3 is 2.81 bits per heavy atom. The molecule has 0 saturated heterocycles. The van der Waals surface area contributed by atoms with Gasteiger partial charge in [0.15, 0.2) is 0 Å². The molecule has 0 aliphatic heterocycles. The van der Waals surface area contributed by atoms with Gasteiger partial charge in [-0.3, -0.25) is 4.79 Å². The molecule has 1 aliphatic rings. The molecule has 3 nitrogen and oxygen atoms in total. The maximum Gasteiger partial charge on any atom is 0.251 e. The molecule has 0 fully saturated rings. The first-order valence-corrected chi connectivity index (χ1v) is 7.75. The lowest BCUT2D eigenvalue weighted by atomic mass is 10.1. The minimum Gasteiger partial charge on any atom is -0.390 e. The highest BCUT2D eigenvalue weighted by atomic mass is 79.9. The van der Waals surface area contributed by atoms with Crippen LogP contribution in [-0.4, -0.2) is 17.1 Å². The van der Waals surface area contributed by atoms with E-state index in [4.69, 9.17) is 11.6 Å². The highest BCUT2D eigenvalue weighted by Crippen LogP contribution is 2.31. The molecule has 3 rings (SSSR count). The topological polar surface area (TPSA) is 49.3 Å². The Bertz CT molecular complexity index is 704. The van der Waals surface area contributed by atoms with E-state index < -0.39 is 6.10 Å². The normalized spacial score (nSPS) is 20.1. The lowest BCUT2D eigenvalue weighted by molar-refractivity contribution is 0.0858. The van der Waals surface area contributed by atoms with E-state index in [2.05, 4.69) is 21.2 Å². The van der Waals surface area contributed by atoms with Crippen LogP contribution in [0.25, 0.3) is 0 Å². The van der Waals surface area contributed by atoms with E-state index >= 15 is 0 Å². The fourth-order valence-corrected chi connectivity index (χ4v) is 3.11. The summed E-state index contributed by atoms with van der Waals surface area (Å²) in [6, 6.07) is 12.4. The van der Waals surface area contributed by atoms with E-state index in [0.29, 0.717) is 21.5 Å². The summed E-state index contributed by atoms with van der Waals surface area (Å²) in [6.45, 7) is 0. The maximum atomic E-state index is 12.3. The average molecular weight is 367 g/mol. The van der Waals surface area contributed by atoms with Crippen molar-refractivity contribution in [1.82, 2.24) is 5.32 Å². The highest BCUT2D eigenvalue weighted by Gasteiger charge is 2.32. The molecule has 0 aromatic heterocycles. The van der Waals surface area contributed by atoms with Gasteiger partial charge in [0.25, 0.3) is 5.91 Å². The van der Waals surface area contributed by atoms with Gasteiger partial charge in [0, 0.05) is 16.5 Å². The summed E-state index contributed by atoms with van der Waals surface area (Å²) in [7, 11) is 0. The standard InChI is InChI=1S/C16H13BrClNO2/c17-12-7-10(5-6-13(12)18)16(21)19-15-11-4-2-1-3-9(11)8-14(15)20/h1-7,14-15,20H,8H2,(H,19,21)/t14-,15+/m1/s1. The second-order valence-electron chi connectivity index (χ2n) is 5.05. The van der Waals surface area contributed by atoms with Crippen molar-refractivity contribution in [1.29, 1.82) is 0 Å². The Morgan fingerprint density at radius 1 is 1.29 bits per heavy atom. The van der Waals surface area contributed by atoms with Crippen molar-refractivity contribution >= 4 is 33.4 Å². The molecule has 0 heterocycles. The Hall–Kier alpha value is -1.36. The van der Waals surface area contributed by atoms with Gasteiger partial charge in [-0.25, -0.2) is 0 Å². The van der Waals surface area contributed by atoms with Gasteiger partial charge in [-0.15, -0.1) is 0 Å². The van der Waals surface area contributed by atoms with Crippen molar-refractivity contribution in [3.05, 3.63) is 68.7 Å². The summed E-state index contributed by atoms with van der Waals surface area (Å²) >= 11 is 9.23. The number of rotatable bonds is 2. The Balaban J connectivity index is 1.83. The highest BCUT2D eigenvalue weighted by molar-refractivity contribution is 9.10. The lowest BCUT2D eigenvalue weighted by Crippen LogP contribution is -2.33. The zero-order valence-corrected chi connectivity index (χ0v) is 13.4. The van der Waals surface area contributed by atoms with E-state index in [1.165, 1.54) is 0 Å². The van der Waals surface area contributed by atoms with Crippen molar-refractivity contribution in [2.75, 3.05) is 0 Å². The first-order chi connectivity index (χ1) is 10.1. The number of hydrogen-bond donors (Lipinski definition) is 2. The van der Waals surface area contributed by atoms with Crippen molar-refractivity contribution in [3.8, 4) is 0 Å². The number of carbonyl (C=O) groups excluding carboxylic acids is 1. The first-order valence-electron chi connectivity index (χ1n) is 6.58. The second kappa shape index (κ2) is 5.79. The quantitative estimate of drug-likeness (QED) is 0.855. The van der Waals surface area contributed by atoms with E-state index in [0.717, 1.165) is 11.1 Å². The molecule has 1 amide bonds. The maximum absolute atomic E-state index is 12.3. The van der Waals surface area contributed by atoms with Crippen molar-refractivity contribution in [2.45, 2.75) is 18.6 Å². The van der Waals surface area contributed by atoms with E-state index in [1.54, 1.807) is 18.2 Å². The Kier molecular flexibility index (Phi) is 4.02. The lowest BCUT2D eigenvalue weighted by Gasteiger charge is -2.18. The molecule has 2 aromatic rings. The second-order valence-corrected chi connectivity index (χ2v) is 6.31. The predicted molar refractivity (Wildman–Crippen MR) is 85.5 cm³/mol. The Labute approximate surface area is 136 Å². The summed E-state index contributed by atoms with van der Waals surface area (Å²) in [6.07, 6.45) is -0.0343. The third kappa shape index (κ3) is 2.84. The van der Waals surface area contributed by atoms with Gasteiger partial charge in [-0.05, 0) is 45.3 Å². The van der Waals surface area contributed by atoms with Gasteiger partial charge in [0.2, 0.25) is 0 Å². The fourth-order valence-electron chi connectivity index (χ4n) is 2.61. The van der Waals surface area contributed by atoms with Crippen LogP contribution in [0.5, 0.6) is 0 Å². The van der Waals surface area contributed by atoms with Crippen LogP contribution in [0.2, 0.25) is 5.02 Å². The van der Waals surface area contributed by atoms with Crippen LogP contribution in [-0.2, 0) is 6.42 Å². The minimum atomic E-state index is -0.595. The average Bonchev–Trinajstić information content (AvgIpc) is 2.78. The first kappa shape index (κ1) is 14.6. The van der Waals surface area contributed by atoms with Crippen LogP contribution in [0.1, 0.15) is 27.5 Å². The molecule has 2 atom stereocenters. The summed E-state index contributed by atoms with van der Waals surface area (Å²) < 4.78 is 0.671. The molecule has 2 N–H and O–H groups in total. The number of aliphatic hydroxyl groups is 1. The van der Waals surface area contributed by atoms with Gasteiger partial charge in [-0.2, -0.15) is 0 Å². The summed E-state index contributed by atoms with van der Waals surface area (Å²) in [5.41, 5.74) is 2.56. The van der Waals surface area contributed by atoms with Gasteiger partial charge >= 0.3 is 0 Å². The molecule has 21 heavy (non-hydrogen) atoms. The van der Waals surface area contributed by atoms with Crippen LogP contribution in [0.15, 0.2) is 46.9 Å². The fraction of sp³-hybridized carbons (Fsp3) is 0.188. The third-order valence-corrected chi connectivity index (χ3v) is 4.89. The van der Waals surface area contributed by atoms with Crippen molar-refractivity contribution < 1.29 is 9.90 Å². The van der Waals surface area contributed by atoms with Crippen LogP contribution in [0, 0.1) is 0 Å². The molecule has 108 valence electrons. The minimum absolute atomic E-state index is 0.229. The zero-order chi connectivity index (χ0) is 15.0. The van der Waals surface area contributed by atoms with Crippen LogP contribution >= 0.6 is 27.5 Å². The number of amides is 1. The van der Waals surface area contributed by atoms with E-state index in [9.17, 15) is 9.90 Å². The molecule has 0 bridgehead atoms. The van der Waals surface area contributed by atoms with Crippen molar-refractivity contribution in [2.24, 2.45) is 0 Å². The number of carbonyl (C=O) groups is 1. The zero-order valence-electron chi connectivity index (χ0n) is 11.0.